The molecule has 2 aromatic carbocycles. The molecule has 60 heavy (non-hydrogen) atoms. The van der Waals surface area contributed by atoms with Gasteiger partial charge in [-0.1, -0.05) is 154 Å². The highest BCUT2D eigenvalue weighted by molar-refractivity contribution is 5.85. The molecule has 2 unspecified atom stereocenters. The topological polar surface area (TPSA) is 89.5 Å². The maximum atomic E-state index is 13.4. The van der Waals surface area contributed by atoms with Gasteiger partial charge in [-0.3, -0.25) is 0 Å². The number of ether oxygens (including phenoxy) is 6. The number of rotatable bonds is 27. The SMILES string of the molecule is CCCOC(=O)[C@H](OCc1ccc(OC/C=C/C2(C(C)CCC)CCCCC2)cc1)[C@@H](OCc1ccc(OC/C=C/C2(C(C)CCC)CCCCC2)cc1)C(=O)OCCC. The number of hydrogen-bond donors (Lipinski definition) is 0. The summed E-state index contributed by atoms with van der Waals surface area (Å²) in [5.41, 5.74) is 2.19. The number of carbonyl (C=O) groups excluding carboxylic acids is 2. The van der Waals surface area contributed by atoms with Crippen LogP contribution in [0.5, 0.6) is 11.5 Å². The zero-order chi connectivity index (χ0) is 43.1. The van der Waals surface area contributed by atoms with E-state index in [1.165, 1.54) is 89.9 Å². The standard InChI is InChI=1S/C52H78O8/c1-7-19-41(5)51(29-13-11-14-30-51)33-17-37-55-45-25-21-43(22-26-45)39-59-47(49(53)57-35-9-3)48(50(54)58-36-10-4)60-40-44-23-27-46(28-24-44)56-38-18-34-52(42(6)20-8-2)31-15-12-16-32-52/h17-18,21-28,33-34,41-42,47-48H,7-16,19-20,29-32,35-40H2,1-6H3/b33-17+,34-18+/t41?,42?,47-,48-/m1/s1. The van der Waals surface area contributed by atoms with Crippen molar-refractivity contribution in [2.75, 3.05) is 26.4 Å². The maximum Gasteiger partial charge on any atom is 0.338 e. The lowest BCUT2D eigenvalue weighted by atomic mass is 9.65. The van der Waals surface area contributed by atoms with E-state index in [-0.39, 0.29) is 37.3 Å². The Balaban J connectivity index is 1.36. The van der Waals surface area contributed by atoms with Crippen LogP contribution in [-0.2, 0) is 41.8 Å². The molecule has 0 bridgehead atoms. The predicted octanol–water partition coefficient (Wildman–Crippen LogP) is 12.7. The highest BCUT2D eigenvalue weighted by Crippen LogP contribution is 2.46. The van der Waals surface area contributed by atoms with Crippen molar-refractivity contribution in [2.45, 2.75) is 170 Å². The molecular formula is C52H78O8. The van der Waals surface area contributed by atoms with E-state index in [1.807, 2.05) is 62.4 Å². The van der Waals surface area contributed by atoms with Crippen molar-refractivity contribution < 1.29 is 38.0 Å². The molecule has 8 nitrogen and oxygen atoms in total. The van der Waals surface area contributed by atoms with Crippen LogP contribution in [0.4, 0.5) is 0 Å². The zero-order valence-electron chi connectivity index (χ0n) is 38.1. The van der Waals surface area contributed by atoms with Crippen LogP contribution in [0.1, 0.15) is 155 Å². The molecule has 0 heterocycles. The first kappa shape index (κ1) is 49.0. The van der Waals surface area contributed by atoms with Gasteiger partial charge in [0.1, 0.15) is 24.7 Å². The average molecular weight is 831 g/mol. The van der Waals surface area contributed by atoms with Crippen LogP contribution in [0.2, 0.25) is 0 Å². The maximum absolute atomic E-state index is 13.4. The van der Waals surface area contributed by atoms with Crippen molar-refractivity contribution in [3.05, 3.63) is 84.0 Å². The third-order valence-electron chi connectivity index (χ3n) is 12.9. The van der Waals surface area contributed by atoms with Crippen molar-refractivity contribution in [3.8, 4) is 11.5 Å². The van der Waals surface area contributed by atoms with Gasteiger partial charge in [-0.15, -0.1) is 0 Å². The van der Waals surface area contributed by atoms with Gasteiger partial charge in [0.25, 0.3) is 0 Å². The Morgan fingerprint density at radius 3 is 1.25 bits per heavy atom. The molecule has 0 radical (unpaired) electrons. The van der Waals surface area contributed by atoms with Crippen molar-refractivity contribution in [1.82, 2.24) is 0 Å². The number of benzene rings is 2. The minimum Gasteiger partial charge on any atom is -0.490 e. The lowest BCUT2D eigenvalue weighted by Gasteiger charge is -2.40. The third kappa shape index (κ3) is 15.4. The minimum absolute atomic E-state index is 0.0595. The Morgan fingerprint density at radius 2 is 0.917 bits per heavy atom. The quantitative estimate of drug-likeness (QED) is 0.0649. The Labute approximate surface area is 363 Å². The molecule has 0 aliphatic heterocycles. The number of hydrogen-bond acceptors (Lipinski definition) is 8. The third-order valence-corrected chi connectivity index (χ3v) is 12.9. The van der Waals surface area contributed by atoms with E-state index in [2.05, 4.69) is 52.0 Å². The predicted molar refractivity (Wildman–Crippen MR) is 241 cm³/mol. The first-order valence-corrected chi connectivity index (χ1v) is 23.5. The van der Waals surface area contributed by atoms with Crippen molar-refractivity contribution >= 4 is 11.9 Å². The molecule has 2 aromatic rings. The fourth-order valence-electron chi connectivity index (χ4n) is 9.23. The second-order valence-electron chi connectivity index (χ2n) is 17.5. The van der Waals surface area contributed by atoms with E-state index in [9.17, 15) is 9.59 Å². The molecule has 0 amide bonds. The molecule has 0 saturated heterocycles. The minimum atomic E-state index is -1.33. The van der Waals surface area contributed by atoms with Crippen molar-refractivity contribution in [3.63, 3.8) is 0 Å². The fourth-order valence-corrected chi connectivity index (χ4v) is 9.23. The first-order valence-electron chi connectivity index (χ1n) is 23.5. The second-order valence-corrected chi connectivity index (χ2v) is 17.5. The molecule has 4 atom stereocenters. The van der Waals surface area contributed by atoms with Gasteiger partial charge in [-0.25, -0.2) is 9.59 Å². The zero-order valence-corrected chi connectivity index (χ0v) is 38.1. The molecule has 0 N–H and O–H groups in total. The van der Waals surface area contributed by atoms with E-state index in [4.69, 9.17) is 28.4 Å². The Bertz CT molecular complexity index is 1430. The highest BCUT2D eigenvalue weighted by atomic mass is 16.6. The lowest BCUT2D eigenvalue weighted by molar-refractivity contribution is -0.186. The summed E-state index contributed by atoms with van der Waals surface area (Å²) in [4.78, 5) is 26.9. The average Bonchev–Trinajstić information content (AvgIpc) is 3.27. The van der Waals surface area contributed by atoms with E-state index in [0.29, 0.717) is 37.9 Å². The normalized spacial score (nSPS) is 18.4. The number of carbonyl (C=O) groups is 2. The first-order chi connectivity index (χ1) is 29.2. The van der Waals surface area contributed by atoms with Crippen LogP contribution in [0.3, 0.4) is 0 Å². The monoisotopic (exact) mass is 831 g/mol. The molecule has 0 spiro atoms. The molecule has 8 heteroatoms. The molecule has 4 rings (SSSR count). The second kappa shape index (κ2) is 26.7. The molecular weight excluding hydrogens is 753 g/mol. The van der Waals surface area contributed by atoms with Crippen molar-refractivity contribution in [2.24, 2.45) is 22.7 Å². The molecule has 334 valence electrons. The summed E-state index contributed by atoms with van der Waals surface area (Å²) >= 11 is 0. The summed E-state index contributed by atoms with van der Waals surface area (Å²) in [5, 5.41) is 0. The largest absolute Gasteiger partial charge is 0.490 e. The van der Waals surface area contributed by atoms with Gasteiger partial charge in [-0.05, 0) is 96.6 Å². The summed E-state index contributed by atoms with van der Waals surface area (Å²) in [7, 11) is 0. The molecule has 2 aliphatic rings. The van der Waals surface area contributed by atoms with E-state index in [1.54, 1.807) is 0 Å². The van der Waals surface area contributed by atoms with E-state index in [0.717, 1.165) is 22.6 Å². The van der Waals surface area contributed by atoms with Gasteiger partial charge in [0.05, 0.1) is 26.4 Å². The number of allylic oxidation sites excluding steroid dienone is 2. The van der Waals surface area contributed by atoms with Gasteiger partial charge in [0.15, 0.2) is 12.2 Å². The Morgan fingerprint density at radius 1 is 0.550 bits per heavy atom. The van der Waals surface area contributed by atoms with E-state index >= 15 is 0 Å². The van der Waals surface area contributed by atoms with Crippen molar-refractivity contribution in [1.29, 1.82) is 0 Å². The van der Waals surface area contributed by atoms with Crippen LogP contribution in [-0.4, -0.2) is 50.6 Å². The van der Waals surface area contributed by atoms with Crippen LogP contribution in [0.25, 0.3) is 0 Å². The van der Waals surface area contributed by atoms with Crippen LogP contribution < -0.4 is 9.47 Å². The summed E-state index contributed by atoms with van der Waals surface area (Å²) in [6.07, 6.45) is 25.7. The van der Waals surface area contributed by atoms with Gasteiger partial charge in [0, 0.05) is 0 Å². The van der Waals surface area contributed by atoms with Crippen LogP contribution >= 0.6 is 0 Å². The highest BCUT2D eigenvalue weighted by Gasteiger charge is 2.39. The molecule has 2 aliphatic carbocycles. The summed E-state index contributed by atoms with van der Waals surface area (Å²) in [6.45, 7) is 14.7. The Kier molecular flexibility index (Phi) is 21.8. The van der Waals surface area contributed by atoms with Gasteiger partial charge < -0.3 is 28.4 Å². The number of esters is 2. The smallest absolute Gasteiger partial charge is 0.338 e. The molecule has 0 aromatic heterocycles. The van der Waals surface area contributed by atoms with Gasteiger partial charge in [-0.2, -0.15) is 0 Å². The fraction of sp³-hybridized carbons (Fsp3) is 0.654. The van der Waals surface area contributed by atoms with E-state index < -0.39 is 24.1 Å². The van der Waals surface area contributed by atoms with Crippen LogP contribution in [0, 0.1) is 22.7 Å². The summed E-state index contributed by atoms with van der Waals surface area (Å²) in [6, 6.07) is 15.2. The lowest BCUT2D eigenvalue weighted by Crippen LogP contribution is -2.45. The van der Waals surface area contributed by atoms with Gasteiger partial charge >= 0.3 is 11.9 Å². The summed E-state index contributed by atoms with van der Waals surface area (Å²) < 4.78 is 35.6. The Hall–Kier alpha value is -3.62. The van der Waals surface area contributed by atoms with Crippen LogP contribution in [0.15, 0.2) is 72.8 Å². The van der Waals surface area contributed by atoms with Gasteiger partial charge in [0.2, 0.25) is 0 Å². The molecule has 2 fully saturated rings. The summed E-state index contributed by atoms with van der Waals surface area (Å²) in [5.74, 6) is 1.51. The molecule has 2 saturated carbocycles.